The van der Waals surface area contributed by atoms with Gasteiger partial charge in [0.15, 0.2) is 42.7 Å². The maximum absolute atomic E-state index is 13.6. The Bertz CT molecular complexity index is 1830. The molecule has 46 heavy (non-hydrogen) atoms. The van der Waals surface area contributed by atoms with Crippen LogP contribution in [0.2, 0.25) is 0 Å². The summed E-state index contributed by atoms with van der Waals surface area (Å²) in [6.45, 7) is 3.11. The summed E-state index contributed by atoms with van der Waals surface area (Å²) >= 11 is 3.55. The summed E-state index contributed by atoms with van der Waals surface area (Å²) in [5, 5.41) is 10.7. The Balaban J connectivity index is 1.90. The lowest BCUT2D eigenvalue weighted by Crippen LogP contribution is -2.28. The van der Waals surface area contributed by atoms with Crippen LogP contribution >= 0.6 is 15.9 Å². The summed E-state index contributed by atoms with van der Waals surface area (Å²) in [6, 6.07) is 5.68. The van der Waals surface area contributed by atoms with Crippen molar-refractivity contribution in [1.29, 1.82) is 0 Å². The molecule has 0 amide bonds. The fourth-order valence-electron chi connectivity index (χ4n) is 4.61. The molecule has 0 saturated heterocycles. The zero-order chi connectivity index (χ0) is 33.8. The molecule has 2 aliphatic heterocycles. The van der Waals surface area contributed by atoms with Gasteiger partial charge in [-0.2, -0.15) is 0 Å². The standard InChI is InChI=1S/C30H32BrNO12S2/c1-5-24-20-13-26(40-2)25(33)11-18(20)10-21(29(34)41-6-8-45(3,36)37)22(30(35)42-7-9-46(4,38)39)16-32(24)15-19-12-27-28(14-23(19)31)44-17-43-27/h5,10-14,16,24,33H,1,6-9,15,17H2,2-4H3. The smallest absolute Gasteiger partial charge is 0.340 e. The van der Waals surface area contributed by atoms with Crippen molar-refractivity contribution < 1.29 is 55.2 Å². The summed E-state index contributed by atoms with van der Waals surface area (Å²) in [6.07, 6.45) is 6.21. The zero-order valence-corrected chi connectivity index (χ0v) is 28.4. The lowest BCUT2D eigenvalue weighted by atomic mass is 9.92. The van der Waals surface area contributed by atoms with Gasteiger partial charge in [-0.15, -0.1) is 6.58 Å². The number of rotatable bonds is 12. The molecule has 2 aromatic rings. The minimum atomic E-state index is -3.50. The van der Waals surface area contributed by atoms with Crippen molar-refractivity contribution in [2.45, 2.75) is 12.6 Å². The van der Waals surface area contributed by atoms with E-state index >= 15 is 0 Å². The van der Waals surface area contributed by atoms with Crippen LogP contribution in [0.25, 0.3) is 6.08 Å². The molecule has 1 atom stereocenters. The average Bonchev–Trinajstić information content (AvgIpc) is 3.40. The van der Waals surface area contributed by atoms with Crippen molar-refractivity contribution in [1.82, 2.24) is 4.90 Å². The Kier molecular flexibility index (Phi) is 10.7. The van der Waals surface area contributed by atoms with Gasteiger partial charge < -0.3 is 33.7 Å². The third kappa shape index (κ3) is 8.61. The van der Waals surface area contributed by atoms with Gasteiger partial charge in [-0.1, -0.05) is 22.0 Å². The number of carbonyl (C=O) groups is 2. The summed E-state index contributed by atoms with van der Waals surface area (Å²) in [5.74, 6) is -2.16. The second-order valence-electron chi connectivity index (χ2n) is 10.4. The van der Waals surface area contributed by atoms with Gasteiger partial charge in [0.2, 0.25) is 6.79 Å². The number of halogens is 1. The van der Waals surface area contributed by atoms with E-state index in [2.05, 4.69) is 22.5 Å². The van der Waals surface area contributed by atoms with Gasteiger partial charge >= 0.3 is 11.9 Å². The molecular weight excluding hydrogens is 710 g/mol. The highest BCUT2D eigenvalue weighted by molar-refractivity contribution is 9.10. The van der Waals surface area contributed by atoms with Gasteiger partial charge in [-0.3, -0.25) is 0 Å². The number of phenolic OH excluding ortho intramolecular Hbond substituents is 1. The van der Waals surface area contributed by atoms with Crippen LogP contribution in [-0.2, 0) is 45.3 Å². The number of benzene rings is 2. The number of fused-ring (bicyclic) bond motifs is 2. The average molecular weight is 743 g/mol. The molecule has 4 rings (SSSR count). The molecule has 0 aromatic heterocycles. The lowest BCUT2D eigenvalue weighted by Gasteiger charge is -2.33. The fourth-order valence-corrected chi connectivity index (χ4v) is 5.83. The first-order valence-corrected chi connectivity index (χ1v) is 18.5. The Hall–Kier alpha value is -4.02. The van der Waals surface area contributed by atoms with Crippen molar-refractivity contribution in [3.05, 3.63) is 75.4 Å². The van der Waals surface area contributed by atoms with E-state index in [1.54, 1.807) is 29.2 Å². The van der Waals surface area contributed by atoms with Crippen LogP contribution in [-0.4, -0.2) is 89.9 Å². The van der Waals surface area contributed by atoms with Gasteiger partial charge in [0.25, 0.3) is 0 Å². The van der Waals surface area contributed by atoms with E-state index in [0.29, 0.717) is 27.1 Å². The molecule has 0 saturated carbocycles. The monoisotopic (exact) mass is 741 g/mol. The first-order valence-electron chi connectivity index (χ1n) is 13.6. The number of nitrogens with zero attached hydrogens (tertiary/aromatic N) is 1. The highest BCUT2D eigenvalue weighted by Gasteiger charge is 2.31. The Morgan fingerprint density at radius 1 is 1.00 bits per heavy atom. The SMILES string of the molecule is C=CC1c2cc(OC)c(O)cc2C=C(C(=O)OCCS(C)(=O)=O)C(C(=O)OCCS(C)(=O)=O)=CN1Cc1cc2c(cc1Br)OCO2. The van der Waals surface area contributed by atoms with E-state index in [4.69, 9.17) is 23.7 Å². The van der Waals surface area contributed by atoms with Crippen molar-refractivity contribution in [2.75, 3.05) is 51.1 Å². The Morgan fingerprint density at radius 3 is 2.15 bits per heavy atom. The summed E-state index contributed by atoms with van der Waals surface area (Å²) in [4.78, 5) is 28.8. The summed E-state index contributed by atoms with van der Waals surface area (Å²) in [5.41, 5.74) is 0.834. The van der Waals surface area contributed by atoms with Crippen LogP contribution in [0.1, 0.15) is 22.7 Å². The molecule has 1 N–H and O–H groups in total. The molecule has 0 radical (unpaired) electrons. The molecule has 248 valence electrons. The minimum Gasteiger partial charge on any atom is -0.504 e. The number of hydrogen-bond acceptors (Lipinski definition) is 13. The van der Waals surface area contributed by atoms with Gasteiger partial charge in [0.05, 0.1) is 35.8 Å². The van der Waals surface area contributed by atoms with Gasteiger partial charge in [0, 0.05) is 29.7 Å². The summed E-state index contributed by atoms with van der Waals surface area (Å²) in [7, 11) is -5.61. The van der Waals surface area contributed by atoms with E-state index in [9.17, 15) is 31.5 Å². The number of sulfone groups is 2. The maximum atomic E-state index is 13.6. The van der Waals surface area contributed by atoms with E-state index in [1.165, 1.54) is 25.5 Å². The normalized spacial score (nSPS) is 15.9. The van der Waals surface area contributed by atoms with E-state index in [0.717, 1.165) is 12.5 Å². The van der Waals surface area contributed by atoms with Crippen LogP contribution in [0.5, 0.6) is 23.0 Å². The van der Waals surface area contributed by atoms with E-state index in [-0.39, 0.29) is 41.5 Å². The molecule has 0 bridgehead atoms. The van der Waals surface area contributed by atoms with Crippen LogP contribution in [0.3, 0.4) is 0 Å². The van der Waals surface area contributed by atoms with Gasteiger partial charge in [0.1, 0.15) is 13.2 Å². The Morgan fingerprint density at radius 2 is 1.59 bits per heavy atom. The highest BCUT2D eigenvalue weighted by Crippen LogP contribution is 2.42. The molecule has 0 fully saturated rings. The van der Waals surface area contributed by atoms with Crippen LogP contribution in [0, 0.1) is 0 Å². The third-order valence-electron chi connectivity index (χ3n) is 6.88. The quantitative estimate of drug-likeness (QED) is 0.249. The fraction of sp³-hybridized carbons (Fsp3) is 0.333. The number of hydrogen-bond donors (Lipinski definition) is 1. The molecule has 0 spiro atoms. The number of esters is 2. The molecule has 13 nitrogen and oxygen atoms in total. The largest absolute Gasteiger partial charge is 0.504 e. The van der Waals surface area contributed by atoms with Crippen molar-refractivity contribution in [2.24, 2.45) is 0 Å². The number of ether oxygens (including phenoxy) is 5. The van der Waals surface area contributed by atoms with E-state index in [1.807, 2.05) is 0 Å². The molecule has 1 unspecified atom stereocenters. The van der Waals surface area contributed by atoms with Gasteiger partial charge in [-0.05, 0) is 47.0 Å². The predicted octanol–water partition coefficient (Wildman–Crippen LogP) is 3.08. The van der Waals surface area contributed by atoms with Crippen molar-refractivity contribution in [3.8, 4) is 23.0 Å². The minimum absolute atomic E-state index is 0.0415. The molecule has 16 heteroatoms. The van der Waals surface area contributed by atoms with Gasteiger partial charge in [-0.25, -0.2) is 26.4 Å². The number of methoxy groups -OCH3 is 1. The zero-order valence-electron chi connectivity index (χ0n) is 25.1. The van der Waals surface area contributed by atoms with Crippen LogP contribution < -0.4 is 14.2 Å². The number of phenols is 1. The predicted molar refractivity (Wildman–Crippen MR) is 171 cm³/mol. The maximum Gasteiger partial charge on any atom is 0.340 e. The van der Waals surface area contributed by atoms with Crippen molar-refractivity contribution >= 4 is 53.6 Å². The molecular formula is C30H32BrNO12S2. The van der Waals surface area contributed by atoms with E-state index < -0.39 is 62.4 Å². The molecule has 2 aromatic carbocycles. The first kappa shape index (κ1) is 34.8. The number of carbonyl (C=O) groups excluding carboxylic acids is 2. The number of aromatic hydroxyl groups is 1. The van der Waals surface area contributed by atoms with Crippen molar-refractivity contribution in [3.63, 3.8) is 0 Å². The highest BCUT2D eigenvalue weighted by atomic mass is 79.9. The summed E-state index contributed by atoms with van der Waals surface area (Å²) < 4.78 is 74.4. The second-order valence-corrected chi connectivity index (χ2v) is 15.8. The molecule has 2 aliphatic rings. The second kappa shape index (κ2) is 14.2. The lowest BCUT2D eigenvalue weighted by molar-refractivity contribution is -0.142. The van der Waals surface area contributed by atoms with Crippen LogP contribution in [0.4, 0.5) is 0 Å². The Labute approximate surface area is 275 Å². The first-order chi connectivity index (χ1) is 21.6. The van der Waals surface area contributed by atoms with Crippen LogP contribution in [0.15, 0.2) is 58.7 Å². The third-order valence-corrected chi connectivity index (χ3v) is 9.43. The molecule has 2 heterocycles. The topological polar surface area (TPSA) is 172 Å². The molecule has 0 aliphatic carbocycles.